The van der Waals surface area contributed by atoms with E-state index in [1.807, 2.05) is 25.1 Å². The van der Waals surface area contributed by atoms with Crippen LogP contribution >= 0.6 is 0 Å². The van der Waals surface area contributed by atoms with E-state index < -0.39 is 0 Å². The van der Waals surface area contributed by atoms with Crippen molar-refractivity contribution in [2.75, 3.05) is 10.3 Å². The van der Waals surface area contributed by atoms with Gasteiger partial charge in [-0.25, -0.2) is 14.7 Å². The Hall–Kier alpha value is -3.81. The van der Waals surface area contributed by atoms with Gasteiger partial charge in [0.25, 0.3) is 11.8 Å². The average Bonchev–Trinajstić information content (AvgIpc) is 3.31. The van der Waals surface area contributed by atoms with Crippen LogP contribution in [-0.4, -0.2) is 32.3 Å². The molecule has 2 aromatic carbocycles. The Labute approximate surface area is 161 Å². The molecule has 2 amide bonds. The third-order valence-electron chi connectivity index (χ3n) is 4.26. The number of nitrogens with one attached hydrogen (secondary N) is 1. The molecule has 0 saturated carbocycles. The van der Waals surface area contributed by atoms with Crippen molar-refractivity contribution in [3.05, 3.63) is 72.3 Å². The fraction of sp³-hybridized carbons (Fsp3) is 0.150. The van der Waals surface area contributed by atoms with Crippen molar-refractivity contribution < 1.29 is 9.59 Å². The second-order valence-corrected chi connectivity index (χ2v) is 6.52. The SMILES string of the molecule is CC1=NN(c2cccc(NC(=O)c3cccc(Cn4cncn4)c3)c2)C(=O)C1. The maximum atomic E-state index is 12.7. The van der Waals surface area contributed by atoms with Crippen molar-refractivity contribution in [1.29, 1.82) is 0 Å². The van der Waals surface area contributed by atoms with E-state index in [4.69, 9.17) is 0 Å². The minimum atomic E-state index is -0.231. The smallest absolute Gasteiger partial charge is 0.255 e. The molecular weight excluding hydrogens is 356 g/mol. The highest BCUT2D eigenvalue weighted by Crippen LogP contribution is 2.24. The standard InChI is InChI=1S/C20H18N6O2/c1-14-8-19(27)26(24-14)18-7-3-6-17(10-18)23-20(28)16-5-2-4-15(9-16)11-25-13-21-12-22-25/h2-7,9-10,12-13H,8,11H2,1H3,(H,23,28). The third-order valence-corrected chi connectivity index (χ3v) is 4.26. The van der Waals surface area contributed by atoms with Crippen molar-refractivity contribution in [3.8, 4) is 0 Å². The molecular formula is C20H18N6O2. The minimum absolute atomic E-state index is 0.0817. The van der Waals surface area contributed by atoms with Gasteiger partial charge in [-0.3, -0.25) is 9.59 Å². The van der Waals surface area contributed by atoms with Crippen molar-refractivity contribution in [2.24, 2.45) is 5.10 Å². The number of rotatable bonds is 5. The first kappa shape index (κ1) is 17.6. The molecule has 4 rings (SSSR count). The van der Waals surface area contributed by atoms with Crippen LogP contribution in [0.2, 0.25) is 0 Å². The van der Waals surface area contributed by atoms with Crippen LogP contribution in [0.3, 0.4) is 0 Å². The van der Waals surface area contributed by atoms with Crippen LogP contribution in [0.1, 0.15) is 29.3 Å². The number of amides is 2. The molecule has 140 valence electrons. The summed E-state index contributed by atoms with van der Waals surface area (Å²) >= 11 is 0. The first-order valence-electron chi connectivity index (χ1n) is 8.78. The van der Waals surface area contributed by atoms with Gasteiger partial charge in [-0.1, -0.05) is 18.2 Å². The molecule has 1 aliphatic rings. The van der Waals surface area contributed by atoms with Gasteiger partial charge in [-0.05, 0) is 42.8 Å². The molecule has 8 nitrogen and oxygen atoms in total. The first-order chi connectivity index (χ1) is 13.6. The topological polar surface area (TPSA) is 92.5 Å². The molecule has 0 unspecified atom stereocenters. The van der Waals surface area contributed by atoms with Gasteiger partial charge in [-0.15, -0.1) is 0 Å². The minimum Gasteiger partial charge on any atom is -0.322 e. The lowest BCUT2D eigenvalue weighted by molar-refractivity contribution is -0.116. The number of aromatic nitrogens is 3. The van der Waals surface area contributed by atoms with E-state index in [2.05, 4.69) is 20.5 Å². The van der Waals surface area contributed by atoms with Crippen molar-refractivity contribution in [3.63, 3.8) is 0 Å². The van der Waals surface area contributed by atoms with E-state index >= 15 is 0 Å². The molecule has 1 aromatic heterocycles. The Morgan fingerprint density at radius 1 is 1.18 bits per heavy atom. The Bertz CT molecular complexity index is 1060. The summed E-state index contributed by atoms with van der Waals surface area (Å²) in [6.07, 6.45) is 3.41. The van der Waals surface area contributed by atoms with E-state index in [0.29, 0.717) is 29.9 Å². The summed E-state index contributed by atoms with van der Waals surface area (Å²) in [5, 5.41) is 12.6. The summed E-state index contributed by atoms with van der Waals surface area (Å²) in [7, 11) is 0. The Balaban J connectivity index is 1.50. The quantitative estimate of drug-likeness (QED) is 0.743. The van der Waals surface area contributed by atoms with Crippen molar-refractivity contribution >= 4 is 28.9 Å². The zero-order valence-corrected chi connectivity index (χ0v) is 15.2. The lowest BCUT2D eigenvalue weighted by Gasteiger charge is -2.13. The Morgan fingerprint density at radius 2 is 2.04 bits per heavy atom. The van der Waals surface area contributed by atoms with Crippen LogP contribution in [0.15, 0.2) is 66.3 Å². The molecule has 0 aliphatic carbocycles. The summed E-state index contributed by atoms with van der Waals surface area (Å²) in [5.41, 5.74) is 3.47. The van der Waals surface area contributed by atoms with Crippen LogP contribution in [0, 0.1) is 0 Å². The largest absolute Gasteiger partial charge is 0.322 e. The first-order valence-corrected chi connectivity index (χ1v) is 8.78. The number of hydrogen-bond acceptors (Lipinski definition) is 5. The number of benzene rings is 2. The molecule has 0 bridgehead atoms. The number of hydrogen-bond donors (Lipinski definition) is 1. The van der Waals surface area contributed by atoms with E-state index in [-0.39, 0.29) is 11.8 Å². The summed E-state index contributed by atoms with van der Waals surface area (Å²) < 4.78 is 1.69. The number of anilines is 2. The molecule has 1 aliphatic heterocycles. The maximum Gasteiger partial charge on any atom is 0.255 e. The van der Waals surface area contributed by atoms with Gasteiger partial charge in [-0.2, -0.15) is 10.2 Å². The molecule has 2 heterocycles. The molecule has 28 heavy (non-hydrogen) atoms. The van der Waals surface area contributed by atoms with Gasteiger partial charge in [0.15, 0.2) is 0 Å². The second kappa shape index (κ2) is 7.43. The molecule has 1 N–H and O–H groups in total. The number of carbonyl (C=O) groups is 2. The zero-order chi connectivity index (χ0) is 19.5. The Kier molecular flexibility index (Phi) is 4.67. The highest BCUT2D eigenvalue weighted by Gasteiger charge is 2.22. The van der Waals surface area contributed by atoms with Crippen LogP contribution in [0.5, 0.6) is 0 Å². The second-order valence-electron chi connectivity index (χ2n) is 6.52. The summed E-state index contributed by atoms with van der Waals surface area (Å²) in [6, 6.07) is 14.4. The molecule has 0 spiro atoms. The van der Waals surface area contributed by atoms with Gasteiger partial charge in [0.05, 0.1) is 18.7 Å². The van der Waals surface area contributed by atoms with Crippen molar-refractivity contribution in [1.82, 2.24) is 14.8 Å². The Morgan fingerprint density at radius 3 is 2.79 bits per heavy atom. The zero-order valence-electron chi connectivity index (χ0n) is 15.2. The maximum absolute atomic E-state index is 12.7. The van der Waals surface area contributed by atoms with Gasteiger partial charge in [0.1, 0.15) is 12.7 Å². The van der Waals surface area contributed by atoms with E-state index in [9.17, 15) is 9.59 Å². The van der Waals surface area contributed by atoms with Crippen LogP contribution in [-0.2, 0) is 11.3 Å². The fourth-order valence-electron chi connectivity index (χ4n) is 2.99. The molecule has 0 radical (unpaired) electrons. The van der Waals surface area contributed by atoms with E-state index in [1.165, 1.54) is 11.3 Å². The highest BCUT2D eigenvalue weighted by molar-refractivity contribution is 6.12. The normalized spacial score (nSPS) is 13.5. The monoisotopic (exact) mass is 374 g/mol. The summed E-state index contributed by atoms with van der Waals surface area (Å²) in [6.45, 7) is 2.35. The molecule has 0 fully saturated rings. The highest BCUT2D eigenvalue weighted by atomic mass is 16.2. The van der Waals surface area contributed by atoms with Gasteiger partial charge >= 0.3 is 0 Å². The summed E-state index contributed by atoms with van der Waals surface area (Å²) in [4.78, 5) is 28.6. The lowest BCUT2D eigenvalue weighted by Crippen LogP contribution is -2.20. The predicted octanol–water partition coefficient (Wildman–Crippen LogP) is 2.69. The average molecular weight is 374 g/mol. The predicted molar refractivity (Wildman–Crippen MR) is 105 cm³/mol. The number of hydrazone groups is 1. The molecule has 8 heteroatoms. The number of carbonyl (C=O) groups excluding carboxylic acids is 2. The third kappa shape index (κ3) is 3.80. The van der Waals surface area contributed by atoms with E-state index in [1.54, 1.807) is 41.3 Å². The summed E-state index contributed by atoms with van der Waals surface area (Å²) in [5.74, 6) is -0.313. The molecule has 0 saturated heterocycles. The van der Waals surface area contributed by atoms with E-state index in [0.717, 1.165) is 11.3 Å². The fourth-order valence-corrected chi connectivity index (χ4v) is 2.99. The van der Waals surface area contributed by atoms with Crippen LogP contribution in [0.4, 0.5) is 11.4 Å². The van der Waals surface area contributed by atoms with Gasteiger partial charge in [0, 0.05) is 17.0 Å². The van der Waals surface area contributed by atoms with Crippen LogP contribution in [0.25, 0.3) is 0 Å². The van der Waals surface area contributed by atoms with Gasteiger partial charge in [0.2, 0.25) is 0 Å². The van der Waals surface area contributed by atoms with Crippen molar-refractivity contribution in [2.45, 2.75) is 19.9 Å². The van der Waals surface area contributed by atoms with Gasteiger partial charge < -0.3 is 5.32 Å². The molecule has 0 atom stereocenters. The van der Waals surface area contributed by atoms with Crippen LogP contribution < -0.4 is 10.3 Å². The number of nitrogens with zero attached hydrogens (tertiary/aromatic N) is 5. The molecule has 3 aromatic rings. The lowest BCUT2D eigenvalue weighted by atomic mass is 10.1.